The first kappa shape index (κ1) is 39.4. The first-order valence-electron chi connectivity index (χ1n) is 24.0. The molecule has 12 aromatic carbocycles. The molecule has 0 amide bonds. The van der Waals surface area contributed by atoms with Crippen LogP contribution in [0.1, 0.15) is 25.0 Å². The largest absolute Gasteiger partial charge is 0.453 e. The number of anilines is 3. The fourth-order valence-electron chi connectivity index (χ4n) is 11.7. The lowest BCUT2D eigenvalue weighted by molar-refractivity contribution is 0.660. The van der Waals surface area contributed by atoms with E-state index in [1.807, 2.05) is 0 Å². The summed E-state index contributed by atoms with van der Waals surface area (Å²) < 4.78 is 7.38. The number of hydrogen-bond acceptors (Lipinski definition) is 2. The molecule has 2 nitrogen and oxygen atoms in total. The Balaban J connectivity index is 0.936. The Morgan fingerprint density at radius 3 is 1.61 bits per heavy atom. The van der Waals surface area contributed by atoms with Crippen LogP contribution in [0.2, 0.25) is 0 Å². The minimum absolute atomic E-state index is 0.154. The van der Waals surface area contributed by atoms with E-state index < -0.39 is 0 Å². The molecule has 13 aromatic rings. The summed E-state index contributed by atoms with van der Waals surface area (Å²) in [6.07, 6.45) is 0. The number of hydrogen-bond donors (Lipinski definition) is 0. The Labute approximate surface area is 401 Å². The zero-order chi connectivity index (χ0) is 45.8. The van der Waals surface area contributed by atoms with Crippen molar-refractivity contribution in [2.24, 2.45) is 0 Å². The summed E-state index contributed by atoms with van der Waals surface area (Å²) in [4.78, 5) is 2.39. The molecule has 324 valence electrons. The highest BCUT2D eigenvalue weighted by molar-refractivity contribution is 6.26. The smallest absolute Gasteiger partial charge is 0.159 e. The van der Waals surface area contributed by atoms with Gasteiger partial charge in [-0.2, -0.15) is 0 Å². The van der Waals surface area contributed by atoms with Crippen LogP contribution in [0, 0.1) is 0 Å². The van der Waals surface area contributed by atoms with Gasteiger partial charge in [-0.25, -0.2) is 0 Å². The van der Waals surface area contributed by atoms with E-state index in [2.05, 4.69) is 255 Å². The summed E-state index contributed by atoms with van der Waals surface area (Å²) >= 11 is 0. The van der Waals surface area contributed by atoms with E-state index in [9.17, 15) is 0 Å². The molecule has 1 aliphatic carbocycles. The van der Waals surface area contributed by atoms with Gasteiger partial charge in [-0.1, -0.05) is 208 Å². The molecular weight excluding hydrogens is 835 g/mol. The predicted molar refractivity (Wildman–Crippen MR) is 292 cm³/mol. The summed E-state index contributed by atoms with van der Waals surface area (Å²) in [6.45, 7) is 4.70. The van der Waals surface area contributed by atoms with Crippen LogP contribution in [0.4, 0.5) is 17.1 Å². The molecule has 1 aliphatic rings. The van der Waals surface area contributed by atoms with E-state index in [-0.39, 0.29) is 5.41 Å². The average molecular weight is 880 g/mol. The van der Waals surface area contributed by atoms with Crippen molar-refractivity contribution in [2.45, 2.75) is 19.3 Å². The SMILES string of the molecule is CC1(C)c2ccccc2-c2ccc(N(c3ccc(-c4ccccc4)cc3)c3cccc4c3oc3c(-c5ccc(-c6ccc7c8ccccc8c8ccccc8c7c6)cc5)c5ccccc5cc34)cc21. The molecule has 14 rings (SSSR count). The van der Waals surface area contributed by atoms with E-state index in [1.54, 1.807) is 0 Å². The number of fused-ring (bicyclic) bond motifs is 13. The zero-order valence-corrected chi connectivity index (χ0v) is 38.4. The van der Waals surface area contributed by atoms with Crippen LogP contribution in [-0.2, 0) is 5.41 Å². The molecule has 0 radical (unpaired) electrons. The fourth-order valence-corrected chi connectivity index (χ4v) is 11.7. The average Bonchev–Trinajstić information content (AvgIpc) is 3.89. The van der Waals surface area contributed by atoms with Crippen LogP contribution in [0.5, 0.6) is 0 Å². The summed E-state index contributed by atoms with van der Waals surface area (Å²) in [7, 11) is 0. The Morgan fingerprint density at radius 2 is 0.855 bits per heavy atom. The maximum absolute atomic E-state index is 7.38. The minimum atomic E-state index is -0.154. The van der Waals surface area contributed by atoms with Gasteiger partial charge >= 0.3 is 0 Å². The maximum Gasteiger partial charge on any atom is 0.159 e. The topological polar surface area (TPSA) is 16.4 Å². The lowest BCUT2D eigenvalue weighted by atomic mass is 9.82. The molecule has 1 heterocycles. The fraction of sp³-hybridized carbons (Fsp3) is 0.0448. The van der Waals surface area contributed by atoms with Gasteiger partial charge in [0.25, 0.3) is 0 Å². The third kappa shape index (κ3) is 6.05. The maximum atomic E-state index is 7.38. The Bertz CT molecular complexity index is 4160. The highest BCUT2D eigenvalue weighted by Crippen LogP contribution is 2.52. The van der Waals surface area contributed by atoms with E-state index in [0.717, 1.165) is 55.5 Å². The van der Waals surface area contributed by atoms with Crippen molar-refractivity contribution < 1.29 is 4.42 Å². The van der Waals surface area contributed by atoms with Gasteiger partial charge in [0.05, 0.1) is 5.69 Å². The Morgan fingerprint density at radius 1 is 0.319 bits per heavy atom. The monoisotopic (exact) mass is 879 g/mol. The van der Waals surface area contributed by atoms with E-state index >= 15 is 0 Å². The van der Waals surface area contributed by atoms with E-state index in [1.165, 1.54) is 82.2 Å². The van der Waals surface area contributed by atoms with Crippen LogP contribution in [-0.4, -0.2) is 0 Å². The van der Waals surface area contributed by atoms with Crippen molar-refractivity contribution in [3.63, 3.8) is 0 Å². The van der Waals surface area contributed by atoms with Crippen molar-refractivity contribution in [1.82, 2.24) is 0 Å². The molecule has 0 bridgehead atoms. The number of benzene rings is 12. The van der Waals surface area contributed by atoms with Crippen molar-refractivity contribution in [3.05, 3.63) is 248 Å². The molecule has 69 heavy (non-hydrogen) atoms. The van der Waals surface area contributed by atoms with Crippen LogP contribution in [0.3, 0.4) is 0 Å². The van der Waals surface area contributed by atoms with Crippen LogP contribution < -0.4 is 4.90 Å². The molecule has 0 atom stereocenters. The molecule has 2 heteroatoms. The zero-order valence-electron chi connectivity index (χ0n) is 38.4. The molecule has 0 N–H and O–H groups in total. The van der Waals surface area contributed by atoms with Crippen molar-refractivity contribution in [1.29, 1.82) is 0 Å². The second-order valence-corrected chi connectivity index (χ2v) is 19.2. The number of nitrogens with zero attached hydrogens (tertiary/aromatic N) is 1. The summed E-state index contributed by atoms with van der Waals surface area (Å²) in [5.74, 6) is 0. The Kier molecular flexibility index (Phi) is 8.66. The van der Waals surface area contributed by atoms with Gasteiger partial charge in [0.15, 0.2) is 5.58 Å². The molecule has 1 aromatic heterocycles. The first-order valence-corrected chi connectivity index (χ1v) is 24.0. The quantitative estimate of drug-likeness (QED) is 0.155. The molecule has 0 aliphatic heterocycles. The lowest BCUT2D eigenvalue weighted by Crippen LogP contribution is -2.16. The summed E-state index contributed by atoms with van der Waals surface area (Å²) in [6, 6.07) is 86.7. The van der Waals surface area contributed by atoms with E-state index in [4.69, 9.17) is 4.42 Å². The summed E-state index contributed by atoms with van der Waals surface area (Å²) in [5.41, 5.74) is 17.0. The highest BCUT2D eigenvalue weighted by atomic mass is 16.3. The molecule has 0 fully saturated rings. The molecule has 0 spiro atoms. The van der Waals surface area contributed by atoms with Crippen LogP contribution in [0.15, 0.2) is 241 Å². The lowest BCUT2D eigenvalue weighted by Gasteiger charge is -2.28. The third-order valence-electron chi connectivity index (χ3n) is 15.0. The van der Waals surface area contributed by atoms with E-state index in [0.29, 0.717) is 0 Å². The number of rotatable bonds is 6. The normalized spacial score (nSPS) is 12.9. The van der Waals surface area contributed by atoms with Gasteiger partial charge in [-0.3, -0.25) is 0 Å². The van der Waals surface area contributed by atoms with Gasteiger partial charge in [0.1, 0.15) is 5.58 Å². The van der Waals surface area contributed by atoms with Crippen LogP contribution >= 0.6 is 0 Å². The predicted octanol–water partition coefficient (Wildman–Crippen LogP) is 19.0. The molecule has 0 saturated heterocycles. The van der Waals surface area contributed by atoms with Crippen molar-refractivity contribution >= 4 is 82.1 Å². The second kappa shape index (κ2) is 15.2. The van der Waals surface area contributed by atoms with Crippen molar-refractivity contribution in [3.8, 4) is 44.5 Å². The molecule has 0 saturated carbocycles. The summed E-state index contributed by atoms with van der Waals surface area (Å²) in [5, 5.41) is 12.2. The molecular formula is C67H45NO. The highest BCUT2D eigenvalue weighted by Gasteiger charge is 2.36. The second-order valence-electron chi connectivity index (χ2n) is 19.2. The molecule has 0 unspecified atom stereocenters. The van der Waals surface area contributed by atoms with Crippen LogP contribution in [0.25, 0.3) is 110 Å². The minimum Gasteiger partial charge on any atom is -0.453 e. The van der Waals surface area contributed by atoms with Gasteiger partial charge in [0.2, 0.25) is 0 Å². The van der Waals surface area contributed by atoms with Crippen molar-refractivity contribution in [2.75, 3.05) is 4.90 Å². The standard InChI is InChI=1S/C67H45NO/c1-67(2)61-25-13-12-23-56(61)57-38-36-49(41-62(57)67)68(48-34-31-43(32-35-48)42-15-4-3-5-16-42)63-26-14-24-58-60-40-47-17-6-7-18-50(47)64(66(60)69-65(58)63)45-29-27-44(28-30-45)46-33-37-55-53-21-9-8-19-51(53)52-20-10-11-22-54(52)59(55)39-46/h3-41H,1-2H3. The van der Waals surface area contributed by atoms with Gasteiger partial charge in [-0.05, 0) is 136 Å². The van der Waals surface area contributed by atoms with Gasteiger partial charge < -0.3 is 9.32 Å². The van der Waals surface area contributed by atoms with Gasteiger partial charge in [0, 0.05) is 33.1 Å². The number of furan rings is 1. The number of para-hydroxylation sites is 1. The van der Waals surface area contributed by atoms with Gasteiger partial charge in [-0.15, -0.1) is 0 Å². The Hall–Kier alpha value is -8.72. The first-order chi connectivity index (χ1) is 34.0. The third-order valence-corrected chi connectivity index (χ3v) is 15.0.